The van der Waals surface area contributed by atoms with Crippen molar-refractivity contribution in [2.75, 3.05) is 13.7 Å². The normalized spacial score (nSPS) is 12.4. The molecule has 1 unspecified atom stereocenters. The number of rotatable bonds is 5. The third-order valence-electron chi connectivity index (χ3n) is 3.00. The van der Waals surface area contributed by atoms with Crippen LogP contribution >= 0.6 is 27.3 Å². The second-order valence-electron chi connectivity index (χ2n) is 4.33. The Balaban J connectivity index is 2.32. The summed E-state index contributed by atoms with van der Waals surface area (Å²) in [5, 5.41) is 3.44. The standard InChI is InChI=1S/C15H18BrNOS/c1-4-17-10(2)14-7-8-15(19-14)12-9-11(18-3)5-6-13(12)16/h5-10,17H,4H2,1-3H3. The third-order valence-corrected chi connectivity index (χ3v) is 5.00. The Kier molecular flexibility index (Phi) is 5.02. The van der Waals surface area contributed by atoms with Crippen LogP contribution in [-0.2, 0) is 0 Å². The highest BCUT2D eigenvalue weighted by Crippen LogP contribution is 2.37. The van der Waals surface area contributed by atoms with E-state index in [9.17, 15) is 0 Å². The average Bonchev–Trinajstić information content (AvgIpc) is 2.89. The Hall–Kier alpha value is -0.840. The van der Waals surface area contributed by atoms with Gasteiger partial charge in [0.1, 0.15) is 5.75 Å². The maximum atomic E-state index is 5.30. The number of methoxy groups -OCH3 is 1. The minimum Gasteiger partial charge on any atom is -0.497 e. The maximum absolute atomic E-state index is 5.30. The summed E-state index contributed by atoms with van der Waals surface area (Å²) in [6, 6.07) is 10.8. The van der Waals surface area contributed by atoms with E-state index < -0.39 is 0 Å². The van der Waals surface area contributed by atoms with E-state index in [1.165, 1.54) is 15.3 Å². The second kappa shape index (κ2) is 6.55. The monoisotopic (exact) mass is 339 g/mol. The zero-order valence-electron chi connectivity index (χ0n) is 11.4. The molecule has 0 fully saturated rings. The molecule has 19 heavy (non-hydrogen) atoms. The number of hydrogen-bond donors (Lipinski definition) is 1. The second-order valence-corrected chi connectivity index (χ2v) is 6.30. The first-order valence-corrected chi connectivity index (χ1v) is 7.93. The quantitative estimate of drug-likeness (QED) is 0.840. The zero-order chi connectivity index (χ0) is 13.8. The molecule has 0 aliphatic heterocycles. The maximum Gasteiger partial charge on any atom is 0.119 e. The molecule has 0 saturated carbocycles. The van der Waals surface area contributed by atoms with Crippen LogP contribution in [0, 0.1) is 0 Å². The van der Waals surface area contributed by atoms with Crippen molar-refractivity contribution >= 4 is 27.3 Å². The minimum atomic E-state index is 0.396. The summed E-state index contributed by atoms with van der Waals surface area (Å²) < 4.78 is 6.39. The van der Waals surface area contributed by atoms with Gasteiger partial charge < -0.3 is 10.1 Å². The van der Waals surface area contributed by atoms with Crippen LogP contribution in [0.25, 0.3) is 10.4 Å². The van der Waals surface area contributed by atoms with Crippen LogP contribution in [0.3, 0.4) is 0 Å². The van der Waals surface area contributed by atoms with Crippen molar-refractivity contribution < 1.29 is 4.74 Å². The number of ether oxygens (including phenoxy) is 1. The highest BCUT2D eigenvalue weighted by atomic mass is 79.9. The van der Waals surface area contributed by atoms with Crippen LogP contribution in [-0.4, -0.2) is 13.7 Å². The van der Waals surface area contributed by atoms with Crippen LogP contribution in [0.15, 0.2) is 34.8 Å². The van der Waals surface area contributed by atoms with E-state index in [1.54, 1.807) is 7.11 Å². The van der Waals surface area contributed by atoms with Gasteiger partial charge in [0.2, 0.25) is 0 Å². The summed E-state index contributed by atoms with van der Waals surface area (Å²) in [5.74, 6) is 0.882. The fraction of sp³-hybridized carbons (Fsp3) is 0.333. The minimum absolute atomic E-state index is 0.396. The lowest BCUT2D eigenvalue weighted by atomic mass is 10.2. The van der Waals surface area contributed by atoms with E-state index in [0.717, 1.165) is 16.8 Å². The topological polar surface area (TPSA) is 21.3 Å². The van der Waals surface area contributed by atoms with Gasteiger partial charge in [0.15, 0.2) is 0 Å². The molecule has 2 rings (SSSR count). The molecule has 1 aromatic heterocycles. The van der Waals surface area contributed by atoms with Crippen LogP contribution < -0.4 is 10.1 Å². The summed E-state index contributed by atoms with van der Waals surface area (Å²) in [5.41, 5.74) is 1.18. The van der Waals surface area contributed by atoms with E-state index >= 15 is 0 Å². The van der Waals surface area contributed by atoms with Gasteiger partial charge in [0.25, 0.3) is 0 Å². The first-order chi connectivity index (χ1) is 9.15. The van der Waals surface area contributed by atoms with Crippen molar-refractivity contribution in [1.29, 1.82) is 0 Å². The first-order valence-electron chi connectivity index (χ1n) is 6.32. The van der Waals surface area contributed by atoms with Gasteiger partial charge in [-0.2, -0.15) is 0 Å². The molecule has 4 heteroatoms. The summed E-state index contributed by atoms with van der Waals surface area (Å²) >= 11 is 5.43. The van der Waals surface area contributed by atoms with Gasteiger partial charge in [0, 0.05) is 25.8 Å². The Morgan fingerprint density at radius 1 is 1.32 bits per heavy atom. The van der Waals surface area contributed by atoms with Gasteiger partial charge in [-0.25, -0.2) is 0 Å². The highest BCUT2D eigenvalue weighted by Gasteiger charge is 2.11. The van der Waals surface area contributed by atoms with Crippen LogP contribution in [0.2, 0.25) is 0 Å². The lowest BCUT2D eigenvalue weighted by Crippen LogP contribution is -2.16. The Morgan fingerprint density at radius 2 is 2.11 bits per heavy atom. The van der Waals surface area contributed by atoms with E-state index in [1.807, 2.05) is 23.5 Å². The molecular weight excluding hydrogens is 322 g/mol. The highest BCUT2D eigenvalue weighted by molar-refractivity contribution is 9.10. The van der Waals surface area contributed by atoms with Crippen LogP contribution in [0.5, 0.6) is 5.75 Å². The predicted octanol–water partition coefficient (Wildman–Crippen LogP) is 4.86. The number of benzene rings is 1. The molecule has 2 aromatic rings. The Bertz CT molecular complexity index is 553. The van der Waals surface area contributed by atoms with Crippen molar-refractivity contribution in [2.45, 2.75) is 19.9 Å². The Morgan fingerprint density at radius 3 is 2.79 bits per heavy atom. The number of halogens is 1. The zero-order valence-corrected chi connectivity index (χ0v) is 13.8. The molecule has 2 nitrogen and oxygen atoms in total. The van der Waals surface area contributed by atoms with Gasteiger partial charge in [-0.15, -0.1) is 11.3 Å². The van der Waals surface area contributed by atoms with Crippen molar-refractivity contribution in [3.05, 3.63) is 39.7 Å². The molecule has 0 aliphatic carbocycles. The van der Waals surface area contributed by atoms with Crippen LogP contribution in [0.4, 0.5) is 0 Å². The fourth-order valence-electron chi connectivity index (χ4n) is 1.96. The molecule has 0 bridgehead atoms. The molecule has 1 N–H and O–H groups in total. The van der Waals surface area contributed by atoms with Gasteiger partial charge in [-0.3, -0.25) is 0 Å². The molecule has 0 spiro atoms. The predicted molar refractivity (Wildman–Crippen MR) is 86.1 cm³/mol. The molecule has 102 valence electrons. The van der Waals surface area contributed by atoms with Crippen molar-refractivity contribution in [3.63, 3.8) is 0 Å². The number of hydrogen-bond acceptors (Lipinski definition) is 3. The van der Waals surface area contributed by atoms with Crippen molar-refractivity contribution in [3.8, 4) is 16.2 Å². The van der Waals surface area contributed by atoms with Gasteiger partial charge >= 0.3 is 0 Å². The largest absolute Gasteiger partial charge is 0.497 e. The molecule has 0 saturated heterocycles. The van der Waals surface area contributed by atoms with Crippen molar-refractivity contribution in [1.82, 2.24) is 5.32 Å². The lowest BCUT2D eigenvalue weighted by Gasteiger charge is -2.09. The Labute approximate surface area is 126 Å². The molecule has 0 aliphatic rings. The number of thiophene rings is 1. The van der Waals surface area contributed by atoms with Gasteiger partial charge in [0.05, 0.1) is 7.11 Å². The molecule has 0 amide bonds. The lowest BCUT2D eigenvalue weighted by molar-refractivity contribution is 0.415. The van der Waals surface area contributed by atoms with Gasteiger partial charge in [-0.1, -0.05) is 22.9 Å². The summed E-state index contributed by atoms with van der Waals surface area (Å²) in [7, 11) is 1.69. The molecular formula is C15H18BrNOS. The average molecular weight is 340 g/mol. The molecule has 1 heterocycles. The molecule has 1 aromatic carbocycles. The summed E-state index contributed by atoms with van der Waals surface area (Å²) in [6.07, 6.45) is 0. The van der Waals surface area contributed by atoms with Crippen molar-refractivity contribution in [2.24, 2.45) is 0 Å². The molecule has 0 radical (unpaired) electrons. The van der Waals surface area contributed by atoms with Crippen LogP contribution in [0.1, 0.15) is 24.8 Å². The van der Waals surface area contributed by atoms with E-state index in [4.69, 9.17) is 4.74 Å². The van der Waals surface area contributed by atoms with E-state index in [0.29, 0.717) is 6.04 Å². The summed E-state index contributed by atoms with van der Waals surface area (Å²) in [6.45, 7) is 5.31. The molecule has 1 atom stereocenters. The third kappa shape index (κ3) is 3.38. The van der Waals surface area contributed by atoms with E-state index in [-0.39, 0.29) is 0 Å². The van der Waals surface area contributed by atoms with Gasteiger partial charge in [-0.05, 0) is 43.8 Å². The van der Waals surface area contributed by atoms with E-state index in [2.05, 4.69) is 53.3 Å². The summed E-state index contributed by atoms with van der Waals surface area (Å²) in [4.78, 5) is 2.61. The fourth-order valence-corrected chi connectivity index (χ4v) is 3.61. The smallest absolute Gasteiger partial charge is 0.119 e. The first kappa shape index (κ1) is 14.6. The number of nitrogens with one attached hydrogen (secondary N) is 1. The SMILES string of the molecule is CCNC(C)c1ccc(-c2cc(OC)ccc2Br)s1.